The van der Waals surface area contributed by atoms with Crippen LogP contribution in [0.3, 0.4) is 0 Å². The average Bonchev–Trinajstić information content (AvgIpc) is 2.13. The molecule has 0 saturated carbocycles. The summed E-state index contributed by atoms with van der Waals surface area (Å²) in [5.74, 6) is 3.46. The van der Waals surface area contributed by atoms with Crippen LogP contribution in [0.5, 0.6) is 0 Å². The average molecular weight is 137 g/mol. The van der Waals surface area contributed by atoms with Crippen LogP contribution in [0.15, 0.2) is 23.7 Å². The van der Waals surface area contributed by atoms with Crippen LogP contribution in [0.2, 0.25) is 0 Å². The van der Waals surface area contributed by atoms with Crippen molar-refractivity contribution in [3.05, 3.63) is 23.7 Å². The van der Waals surface area contributed by atoms with Crippen LogP contribution in [0, 0.1) is 11.3 Å². The first-order valence-electron chi connectivity index (χ1n) is 2.37. The van der Waals surface area contributed by atoms with Crippen molar-refractivity contribution in [2.24, 2.45) is 0 Å². The summed E-state index contributed by atoms with van der Waals surface area (Å²) < 4.78 is 4.81. The summed E-state index contributed by atoms with van der Waals surface area (Å²) in [5.41, 5.74) is 0.552. The van der Waals surface area contributed by atoms with Gasteiger partial charge in [-0.1, -0.05) is 0 Å². The van der Waals surface area contributed by atoms with Crippen LogP contribution >= 0.6 is 8.20 Å². The first-order chi connectivity index (χ1) is 4.43. The minimum Gasteiger partial charge on any atom is -0.467 e. The second kappa shape index (κ2) is 3.06. The molecule has 0 N–H and O–H groups in total. The minimum atomic E-state index is 0.552. The van der Waals surface area contributed by atoms with Crippen molar-refractivity contribution >= 4 is 14.2 Å². The van der Waals surface area contributed by atoms with Gasteiger partial charge in [0.05, 0.1) is 5.57 Å². The first kappa shape index (κ1) is 6.07. The van der Waals surface area contributed by atoms with Gasteiger partial charge in [0, 0.05) is 0 Å². The van der Waals surface area contributed by atoms with Crippen LogP contribution in [0.4, 0.5) is 0 Å². The zero-order valence-corrected chi connectivity index (χ0v) is 5.51. The molecular weight excluding hydrogens is 133 g/mol. The molecule has 0 bridgehead atoms. The summed E-state index contributed by atoms with van der Waals surface area (Å²) in [4.78, 5) is 0. The monoisotopic (exact) mass is 137 g/mol. The molecule has 0 aromatic heterocycles. The molecule has 3 heteroatoms. The zero-order chi connectivity index (χ0) is 6.53. The molecule has 0 amide bonds. The van der Waals surface area contributed by atoms with Crippen molar-refractivity contribution in [2.45, 2.75) is 0 Å². The maximum atomic E-state index is 8.35. The van der Waals surface area contributed by atoms with E-state index in [2.05, 4.69) is 0 Å². The van der Waals surface area contributed by atoms with Gasteiger partial charge in [0.1, 0.15) is 18.3 Å². The maximum absolute atomic E-state index is 8.35. The predicted molar refractivity (Wildman–Crippen MR) is 36.9 cm³/mol. The van der Waals surface area contributed by atoms with Crippen LogP contribution in [0.25, 0.3) is 0 Å². The third-order valence-corrected chi connectivity index (χ3v) is 1.35. The Bertz CT molecular complexity index is 222. The van der Waals surface area contributed by atoms with Gasteiger partial charge in [-0.3, -0.25) is 0 Å². The van der Waals surface area contributed by atoms with Gasteiger partial charge in [-0.25, -0.2) is 0 Å². The Morgan fingerprint density at radius 1 is 1.67 bits per heavy atom. The van der Waals surface area contributed by atoms with E-state index in [4.69, 9.17) is 10.00 Å². The minimum absolute atomic E-state index is 0.552. The molecule has 1 aliphatic heterocycles. The Balaban J connectivity index is 2.78. The van der Waals surface area contributed by atoms with Gasteiger partial charge in [-0.15, -0.1) is 0 Å². The molecule has 0 aromatic rings. The zero-order valence-electron chi connectivity index (χ0n) is 4.61. The van der Waals surface area contributed by atoms with E-state index < -0.39 is 0 Å². The summed E-state index contributed by atoms with van der Waals surface area (Å²) in [6.07, 6.45) is 3.15. The van der Waals surface area contributed by atoms with Crippen LogP contribution in [-0.2, 0) is 4.74 Å². The van der Waals surface area contributed by atoms with Crippen LogP contribution in [0.1, 0.15) is 0 Å². The smallest absolute Gasteiger partial charge is 0.116 e. The fraction of sp³-hybridized carbons (Fsp3) is 0. The molecule has 0 atom stereocenters. The van der Waals surface area contributed by atoms with E-state index in [0.717, 1.165) is 8.20 Å². The highest BCUT2D eigenvalue weighted by Gasteiger charge is 1.88. The lowest BCUT2D eigenvalue weighted by molar-refractivity contribution is 0.502. The van der Waals surface area contributed by atoms with Crippen LogP contribution < -0.4 is 0 Å². The van der Waals surface area contributed by atoms with Gasteiger partial charge in [0.15, 0.2) is 0 Å². The van der Waals surface area contributed by atoms with Crippen molar-refractivity contribution in [3.8, 4) is 6.07 Å². The second-order valence-corrected chi connectivity index (χ2v) is 2.20. The molecule has 0 unspecified atom stereocenters. The number of nitriles is 1. The number of ether oxygens (including phenoxy) is 1. The predicted octanol–water partition coefficient (Wildman–Crippen LogP) is 1.64. The van der Waals surface area contributed by atoms with Crippen molar-refractivity contribution in [1.82, 2.24) is 0 Å². The second-order valence-electron chi connectivity index (χ2n) is 1.39. The van der Waals surface area contributed by atoms with E-state index in [0.29, 0.717) is 5.57 Å². The molecule has 0 radical (unpaired) electrons. The van der Waals surface area contributed by atoms with Gasteiger partial charge in [-0.05, 0) is 20.1 Å². The summed E-state index contributed by atoms with van der Waals surface area (Å²) in [6, 6.07) is 1.97. The summed E-state index contributed by atoms with van der Waals surface area (Å²) in [7, 11) is 0.978. The lowest BCUT2D eigenvalue weighted by Gasteiger charge is -1.83. The van der Waals surface area contributed by atoms with Gasteiger partial charge < -0.3 is 4.74 Å². The Labute approximate surface area is 54.9 Å². The van der Waals surface area contributed by atoms with Gasteiger partial charge >= 0.3 is 0 Å². The molecule has 1 rings (SSSR count). The van der Waals surface area contributed by atoms with Crippen molar-refractivity contribution in [3.63, 3.8) is 0 Å². The Kier molecular flexibility index (Phi) is 2.06. The first-order valence-corrected chi connectivity index (χ1v) is 3.40. The van der Waals surface area contributed by atoms with Crippen molar-refractivity contribution < 1.29 is 4.74 Å². The molecule has 0 fully saturated rings. The van der Waals surface area contributed by atoms with Crippen LogP contribution in [-0.4, -0.2) is 5.98 Å². The lowest BCUT2D eigenvalue weighted by atomic mass is 10.3. The number of nitrogens with zero attached hydrogens (tertiary/aromatic N) is 1. The van der Waals surface area contributed by atoms with E-state index in [-0.39, 0.29) is 0 Å². The lowest BCUT2D eigenvalue weighted by Crippen LogP contribution is -1.73. The highest BCUT2D eigenvalue weighted by molar-refractivity contribution is 7.41. The molecule has 0 aliphatic carbocycles. The summed E-state index contributed by atoms with van der Waals surface area (Å²) in [6.45, 7) is 0. The summed E-state index contributed by atoms with van der Waals surface area (Å²) >= 11 is 0. The molecule has 44 valence electrons. The highest BCUT2D eigenvalue weighted by Crippen LogP contribution is 2.06. The third-order valence-electron chi connectivity index (χ3n) is 0.786. The molecular formula is C6H4NOP. The topological polar surface area (TPSA) is 33.0 Å². The Morgan fingerprint density at radius 2 is 2.56 bits per heavy atom. The number of rotatable bonds is 0. The van der Waals surface area contributed by atoms with E-state index in [1.807, 2.05) is 11.9 Å². The molecule has 9 heavy (non-hydrogen) atoms. The van der Waals surface area contributed by atoms with E-state index in [1.165, 1.54) is 6.26 Å². The Morgan fingerprint density at radius 3 is 3.33 bits per heavy atom. The quantitative estimate of drug-likeness (QED) is 0.475. The SMILES string of the molecule is N#CC1=COC=PC=C1. The Hall–Kier alpha value is -1.06. The fourth-order valence-corrected chi connectivity index (χ4v) is 0.848. The van der Waals surface area contributed by atoms with Gasteiger partial charge in [0.25, 0.3) is 0 Å². The van der Waals surface area contributed by atoms with Gasteiger partial charge in [0.2, 0.25) is 0 Å². The number of hydrogen-bond acceptors (Lipinski definition) is 2. The normalized spacial score (nSPS) is 17.0. The third kappa shape index (κ3) is 1.71. The van der Waals surface area contributed by atoms with E-state index >= 15 is 0 Å². The molecule has 1 heterocycles. The summed E-state index contributed by atoms with van der Waals surface area (Å²) in [5, 5.41) is 8.35. The van der Waals surface area contributed by atoms with Gasteiger partial charge in [-0.2, -0.15) is 5.26 Å². The fourth-order valence-electron chi connectivity index (χ4n) is 0.400. The van der Waals surface area contributed by atoms with Crippen molar-refractivity contribution in [2.75, 3.05) is 0 Å². The molecule has 0 spiro atoms. The van der Waals surface area contributed by atoms with E-state index in [9.17, 15) is 0 Å². The molecule has 0 aromatic carbocycles. The number of hydrogen-bond donors (Lipinski definition) is 0. The molecule has 1 aliphatic rings. The largest absolute Gasteiger partial charge is 0.467 e. The standard InChI is InChI=1S/C6H4NOP/c7-3-6-1-2-9-5-8-4-6/h1-2,4-5H. The highest BCUT2D eigenvalue weighted by atomic mass is 31.1. The maximum Gasteiger partial charge on any atom is 0.116 e. The number of allylic oxidation sites excluding steroid dienone is 2. The van der Waals surface area contributed by atoms with Crippen molar-refractivity contribution in [1.29, 1.82) is 5.26 Å². The van der Waals surface area contributed by atoms with E-state index in [1.54, 1.807) is 12.1 Å². The molecule has 2 nitrogen and oxygen atoms in total. The molecule has 0 saturated heterocycles.